The highest BCUT2D eigenvalue weighted by molar-refractivity contribution is 5.66. The molecular weight excluding hydrogens is 328 g/mol. The van der Waals surface area contributed by atoms with Gasteiger partial charge in [-0.25, -0.2) is 0 Å². The number of hydrogen-bond donors (Lipinski definition) is 0. The third-order valence-corrected chi connectivity index (χ3v) is 5.98. The number of unbranched alkanes of at least 4 members (excludes halogenated alkanes) is 8. The second-order valence-corrected chi connectivity index (χ2v) is 8.36. The second kappa shape index (κ2) is 13.9. The van der Waals surface area contributed by atoms with Crippen LogP contribution in [0.15, 0.2) is 30.3 Å². The third-order valence-electron chi connectivity index (χ3n) is 5.98. The molecule has 27 heavy (non-hydrogen) atoms. The zero-order valence-electron chi connectivity index (χ0n) is 18.0. The minimum atomic E-state index is 0.853. The number of ether oxygens (including phenoxy) is 1. The Hall–Kier alpha value is -1.24. The molecule has 0 radical (unpaired) electrons. The van der Waals surface area contributed by atoms with Crippen molar-refractivity contribution in [2.75, 3.05) is 6.61 Å². The van der Waals surface area contributed by atoms with Crippen LogP contribution in [0.5, 0.6) is 5.75 Å². The zero-order valence-corrected chi connectivity index (χ0v) is 18.0. The van der Waals surface area contributed by atoms with E-state index in [2.05, 4.69) is 44.2 Å². The Morgan fingerprint density at radius 1 is 0.815 bits per heavy atom. The lowest BCUT2D eigenvalue weighted by Crippen LogP contribution is -2.05. The molecular formula is C26H42O. The average molecular weight is 371 g/mol. The Balaban J connectivity index is 1.66. The van der Waals surface area contributed by atoms with Crippen LogP contribution in [-0.4, -0.2) is 6.61 Å². The van der Waals surface area contributed by atoms with Gasteiger partial charge in [-0.1, -0.05) is 96.3 Å². The molecule has 0 fully saturated rings. The predicted octanol–water partition coefficient (Wildman–Crippen LogP) is 8.58. The molecule has 1 aromatic rings. The monoisotopic (exact) mass is 370 g/mol. The molecule has 0 amide bonds. The summed E-state index contributed by atoms with van der Waals surface area (Å²) in [4.78, 5) is 0. The van der Waals surface area contributed by atoms with Crippen LogP contribution >= 0.6 is 0 Å². The van der Waals surface area contributed by atoms with Crippen molar-refractivity contribution in [3.63, 3.8) is 0 Å². The van der Waals surface area contributed by atoms with Gasteiger partial charge >= 0.3 is 0 Å². The summed E-state index contributed by atoms with van der Waals surface area (Å²) in [7, 11) is 0. The summed E-state index contributed by atoms with van der Waals surface area (Å²) in [6, 6.07) is 8.82. The molecule has 0 spiro atoms. The van der Waals surface area contributed by atoms with Crippen molar-refractivity contribution in [2.24, 2.45) is 5.92 Å². The Morgan fingerprint density at radius 2 is 1.48 bits per heavy atom. The molecule has 1 nitrogen and oxygen atoms in total. The van der Waals surface area contributed by atoms with Gasteiger partial charge in [0.05, 0.1) is 6.61 Å². The van der Waals surface area contributed by atoms with E-state index in [4.69, 9.17) is 4.74 Å². The van der Waals surface area contributed by atoms with Gasteiger partial charge in [0.25, 0.3) is 0 Å². The van der Waals surface area contributed by atoms with Crippen molar-refractivity contribution in [1.29, 1.82) is 0 Å². The summed E-state index contributed by atoms with van der Waals surface area (Å²) in [5.41, 5.74) is 2.94. The van der Waals surface area contributed by atoms with E-state index >= 15 is 0 Å². The smallest absolute Gasteiger partial charge is 0.119 e. The van der Waals surface area contributed by atoms with E-state index in [9.17, 15) is 0 Å². The van der Waals surface area contributed by atoms with Crippen LogP contribution in [0.2, 0.25) is 0 Å². The summed E-state index contributed by atoms with van der Waals surface area (Å²) in [5.74, 6) is 1.95. The van der Waals surface area contributed by atoms with E-state index in [0.717, 1.165) is 18.3 Å². The topological polar surface area (TPSA) is 9.23 Å². The standard InChI is InChI=1S/C26H42O/c1-3-5-7-9-11-13-23-14-16-24(17-15-23)25-18-20-26(21-19-25)27-22-12-10-8-6-4-2/h16,18-21,23H,3-15,17,22H2,1-2H3. The van der Waals surface area contributed by atoms with Crippen LogP contribution < -0.4 is 4.74 Å². The Labute approximate surface area is 168 Å². The first-order chi connectivity index (χ1) is 13.3. The van der Waals surface area contributed by atoms with Crippen LogP contribution in [0.3, 0.4) is 0 Å². The normalized spacial score (nSPS) is 17.0. The lowest BCUT2D eigenvalue weighted by Gasteiger charge is -2.22. The SMILES string of the molecule is CCCCCCCOc1ccc(C2=CCC(CCCCCCC)CC2)cc1. The highest BCUT2D eigenvalue weighted by Gasteiger charge is 2.15. The van der Waals surface area contributed by atoms with Crippen LogP contribution in [-0.2, 0) is 0 Å². The van der Waals surface area contributed by atoms with Crippen molar-refractivity contribution >= 4 is 5.57 Å². The van der Waals surface area contributed by atoms with E-state index in [1.54, 1.807) is 5.57 Å². The zero-order chi connectivity index (χ0) is 19.2. The van der Waals surface area contributed by atoms with E-state index in [-0.39, 0.29) is 0 Å². The number of rotatable bonds is 14. The third kappa shape index (κ3) is 9.00. The molecule has 1 unspecified atom stereocenters. The van der Waals surface area contributed by atoms with Crippen molar-refractivity contribution in [1.82, 2.24) is 0 Å². The van der Waals surface area contributed by atoms with Crippen molar-refractivity contribution in [3.8, 4) is 5.75 Å². The molecule has 1 aliphatic rings. The van der Waals surface area contributed by atoms with Gasteiger partial charge in [-0.15, -0.1) is 0 Å². The maximum absolute atomic E-state index is 5.90. The molecule has 0 aromatic heterocycles. The van der Waals surface area contributed by atoms with Gasteiger partial charge in [-0.2, -0.15) is 0 Å². The molecule has 0 aliphatic heterocycles. The fourth-order valence-corrected chi connectivity index (χ4v) is 4.11. The quantitative estimate of drug-likeness (QED) is 0.298. The molecule has 1 aliphatic carbocycles. The van der Waals surface area contributed by atoms with Crippen LogP contribution in [0, 0.1) is 5.92 Å². The molecule has 0 bridgehead atoms. The van der Waals surface area contributed by atoms with Crippen LogP contribution in [0.1, 0.15) is 109 Å². The fraction of sp³-hybridized carbons (Fsp3) is 0.692. The molecule has 2 rings (SSSR count). The Kier molecular flexibility index (Phi) is 11.3. The van der Waals surface area contributed by atoms with Crippen LogP contribution in [0.4, 0.5) is 0 Å². The first-order valence-electron chi connectivity index (χ1n) is 11.8. The van der Waals surface area contributed by atoms with E-state index < -0.39 is 0 Å². The maximum atomic E-state index is 5.90. The first kappa shape index (κ1) is 22.1. The fourth-order valence-electron chi connectivity index (χ4n) is 4.11. The first-order valence-corrected chi connectivity index (χ1v) is 11.8. The lowest BCUT2D eigenvalue weighted by molar-refractivity contribution is 0.304. The largest absolute Gasteiger partial charge is 0.494 e. The van der Waals surface area contributed by atoms with Gasteiger partial charge in [0.1, 0.15) is 5.75 Å². The number of hydrogen-bond acceptors (Lipinski definition) is 1. The van der Waals surface area contributed by atoms with E-state index in [0.29, 0.717) is 0 Å². The van der Waals surface area contributed by atoms with Gasteiger partial charge in [0, 0.05) is 0 Å². The molecule has 0 saturated heterocycles. The minimum Gasteiger partial charge on any atom is -0.494 e. The Morgan fingerprint density at radius 3 is 2.11 bits per heavy atom. The highest BCUT2D eigenvalue weighted by Crippen LogP contribution is 2.33. The predicted molar refractivity (Wildman–Crippen MR) is 119 cm³/mol. The van der Waals surface area contributed by atoms with E-state index in [1.807, 2.05) is 0 Å². The molecule has 1 heteroatoms. The van der Waals surface area contributed by atoms with Gasteiger partial charge < -0.3 is 4.74 Å². The molecule has 152 valence electrons. The van der Waals surface area contributed by atoms with Gasteiger partial charge in [-0.05, 0) is 54.9 Å². The van der Waals surface area contributed by atoms with Gasteiger partial charge in [0.15, 0.2) is 0 Å². The molecule has 0 saturated carbocycles. The van der Waals surface area contributed by atoms with E-state index in [1.165, 1.54) is 95.5 Å². The average Bonchev–Trinajstić information content (AvgIpc) is 2.71. The lowest BCUT2D eigenvalue weighted by atomic mass is 9.84. The Bertz CT molecular complexity index is 514. The molecule has 1 atom stereocenters. The van der Waals surface area contributed by atoms with Gasteiger partial charge in [0.2, 0.25) is 0 Å². The minimum absolute atomic E-state index is 0.853. The maximum Gasteiger partial charge on any atom is 0.119 e. The molecule has 0 N–H and O–H groups in total. The second-order valence-electron chi connectivity index (χ2n) is 8.36. The molecule has 0 heterocycles. The summed E-state index contributed by atoms with van der Waals surface area (Å²) in [5, 5.41) is 0. The van der Waals surface area contributed by atoms with Crippen molar-refractivity contribution in [3.05, 3.63) is 35.9 Å². The molecule has 1 aromatic carbocycles. The number of benzene rings is 1. The van der Waals surface area contributed by atoms with Crippen molar-refractivity contribution in [2.45, 2.75) is 104 Å². The summed E-state index contributed by atoms with van der Waals surface area (Å²) >= 11 is 0. The summed E-state index contributed by atoms with van der Waals surface area (Å²) < 4.78 is 5.90. The summed E-state index contributed by atoms with van der Waals surface area (Å²) in [6.07, 6.45) is 21.3. The highest BCUT2D eigenvalue weighted by atomic mass is 16.5. The van der Waals surface area contributed by atoms with Crippen molar-refractivity contribution < 1.29 is 4.74 Å². The summed E-state index contributed by atoms with van der Waals surface area (Å²) in [6.45, 7) is 5.40. The van der Waals surface area contributed by atoms with Gasteiger partial charge in [-0.3, -0.25) is 0 Å². The van der Waals surface area contributed by atoms with Crippen LogP contribution in [0.25, 0.3) is 5.57 Å². The number of allylic oxidation sites excluding steroid dienone is 2.